The Labute approximate surface area is 134 Å². The van der Waals surface area contributed by atoms with Crippen LogP contribution in [-0.4, -0.2) is 29.9 Å². The number of epoxide rings is 2. The molecule has 5 aliphatic rings. The molecule has 1 aromatic carbocycles. The number of hydrogen-bond acceptors (Lipinski definition) is 4. The second-order valence-electron chi connectivity index (χ2n) is 7.98. The van der Waals surface area contributed by atoms with Gasteiger partial charge in [-0.3, -0.25) is 9.59 Å². The predicted octanol–water partition coefficient (Wildman–Crippen LogP) is 1.70. The number of fused-ring (bicyclic) bond motifs is 9. The summed E-state index contributed by atoms with van der Waals surface area (Å²) in [4.78, 5) is 26.3. The van der Waals surface area contributed by atoms with Gasteiger partial charge < -0.3 is 9.47 Å². The van der Waals surface area contributed by atoms with Crippen LogP contribution in [0, 0.1) is 37.5 Å². The monoisotopic (exact) mass is 310 g/mol. The molecule has 0 radical (unpaired) electrons. The lowest BCUT2D eigenvalue weighted by molar-refractivity contribution is -0.140. The number of ketones is 2. The van der Waals surface area contributed by atoms with Crippen LogP contribution in [-0.2, 0) is 24.7 Å². The Morgan fingerprint density at radius 2 is 1.78 bits per heavy atom. The molecule has 8 unspecified atom stereocenters. The van der Waals surface area contributed by atoms with Crippen LogP contribution < -0.4 is 0 Å². The van der Waals surface area contributed by atoms with Crippen molar-refractivity contribution in [2.45, 2.75) is 44.2 Å². The molecule has 2 saturated heterocycles. The van der Waals surface area contributed by atoms with Gasteiger partial charge in [-0.2, -0.15) is 0 Å². The fourth-order valence-electron chi connectivity index (χ4n) is 5.74. The summed E-state index contributed by atoms with van der Waals surface area (Å²) in [6.07, 6.45) is 0.892. The van der Waals surface area contributed by atoms with E-state index in [9.17, 15) is 9.59 Å². The first-order valence-corrected chi connectivity index (χ1v) is 8.53. The van der Waals surface area contributed by atoms with Crippen LogP contribution in [0.4, 0.5) is 0 Å². The topological polar surface area (TPSA) is 59.2 Å². The van der Waals surface area contributed by atoms with Gasteiger partial charge in [0.15, 0.2) is 23.3 Å². The summed E-state index contributed by atoms with van der Waals surface area (Å²) in [7, 11) is 0. The zero-order chi connectivity index (χ0) is 15.7. The number of ether oxygens (including phenoxy) is 2. The molecule has 0 amide bonds. The number of hydrogen-bond donors (Lipinski definition) is 0. The van der Waals surface area contributed by atoms with E-state index in [1.54, 1.807) is 0 Å². The molecule has 0 aromatic heterocycles. The average molecular weight is 310 g/mol. The summed E-state index contributed by atoms with van der Waals surface area (Å²) in [5.74, 6) is 0.444. The standard InChI is InChI=1S/C19H18O4/c1-7-3-4-9(5-8(7)2)19-17(21)13-11-6-10(15-16(11)22-15)12(13)14(20)18(19)23-19/h3-5,10-13,15-16,18H,6H2,1-2H3. The van der Waals surface area contributed by atoms with Crippen LogP contribution in [0.25, 0.3) is 0 Å². The van der Waals surface area contributed by atoms with Crippen molar-refractivity contribution in [2.24, 2.45) is 23.7 Å². The second-order valence-corrected chi connectivity index (χ2v) is 7.98. The highest BCUT2D eigenvalue weighted by atomic mass is 16.6. The summed E-state index contributed by atoms with van der Waals surface area (Å²) in [5, 5.41) is 0. The number of carbonyl (C=O) groups excluding carboxylic acids is 2. The summed E-state index contributed by atoms with van der Waals surface area (Å²) in [6, 6.07) is 5.99. The maximum atomic E-state index is 13.3. The van der Waals surface area contributed by atoms with E-state index in [1.165, 1.54) is 5.56 Å². The van der Waals surface area contributed by atoms with Gasteiger partial charge in [0.2, 0.25) is 0 Å². The van der Waals surface area contributed by atoms with Crippen LogP contribution in [0.5, 0.6) is 0 Å². The normalized spacial score (nSPS) is 51.3. The number of Topliss-reactive ketones (excluding diaryl/α,β-unsaturated/α-hetero) is 2. The lowest BCUT2D eigenvalue weighted by Crippen LogP contribution is -2.50. The summed E-state index contributed by atoms with van der Waals surface area (Å²) < 4.78 is 11.5. The van der Waals surface area contributed by atoms with Crippen molar-refractivity contribution >= 4 is 11.6 Å². The molecule has 4 heteroatoms. The van der Waals surface area contributed by atoms with Gasteiger partial charge in [-0.05, 0) is 48.8 Å². The summed E-state index contributed by atoms with van der Waals surface area (Å²) in [5.41, 5.74) is 2.18. The Kier molecular flexibility index (Phi) is 2.01. The van der Waals surface area contributed by atoms with Gasteiger partial charge in [0, 0.05) is 11.8 Å². The largest absolute Gasteiger partial charge is 0.369 e. The zero-order valence-electron chi connectivity index (χ0n) is 13.1. The molecule has 6 rings (SSSR count). The van der Waals surface area contributed by atoms with Gasteiger partial charge in [-0.1, -0.05) is 18.2 Å². The minimum Gasteiger partial charge on any atom is -0.369 e. The van der Waals surface area contributed by atoms with Crippen LogP contribution in [0.1, 0.15) is 23.1 Å². The smallest absolute Gasteiger partial charge is 0.186 e. The molecule has 1 aromatic rings. The maximum Gasteiger partial charge on any atom is 0.186 e. The summed E-state index contributed by atoms with van der Waals surface area (Å²) >= 11 is 0. The SMILES string of the molecule is Cc1ccc(C23OC2C(=O)C2C4CC(C5OC45)C2C3=O)cc1C. The zero-order valence-corrected chi connectivity index (χ0v) is 13.1. The third-order valence-corrected chi connectivity index (χ3v) is 7.07. The van der Waals surface area contributed by atoms with Crippen molar-refractivity contribution in [2.75, 3.05) is 0 Å². The molecule has 0 spiro atoms. The van der Waals surface area contributed by atoms with Crippen molar-refractivity contribution < 1.29 is 19.1 Å². The van der Waals surface area contributed by atoms with E-state index in [-0.39, 0.29) is 47.4 Å². The molecule has 3 aliphatic carbocycles. The maximum absolute atomic E-state index is 13.3. The Hall–Kier alpha value is -1.52. The van der Waals surface area contributed by atoms with Crippen LogP contribution >= 0.6 is 0 Å². The number of aryl methyl sites for hydroxylation is 2. The molecule has 2 heterocycles. The number of benzene rings is 1. The van der Waals surface area contributed by atoms with Crippen molar-refractivity contribution in [3.8, 4) is 0 Å². The van der Waals surface area contributed by atoms with E-state index in [0.29, 0.717) is 0 Å². The van der Waals surface area contributed by atoms with E-state index in [2.05, 4.69) is 0 Å². The highest BCUT2D eigenvalue weighted by molar-refractivity contribution is 6.10. The van der Waals surface area contributed by atoms with Crippen LogP contribution in [0.2, 0.25) is 0 Å². The van der Waals surface area contributed by atoms with Crippen molar-refractivity contribution in [3.63, 3.8) is 0 Å². The molecular weight excluding hydrogens is 292 g/mol. The van der Waals surface area contributed by atoms with E-state index in [1.807, 2.05) is 32.0 Å². The van der Waals surface area contributed by atoms with E-state index in [4.69, 9.17) is 9.47 Å². The van der Waals surface area contributed by atoms with Gasteiger partial charge in [-0.15, -0.1) is 0 Å². The highest BCUT2D eigenvalue weighted by Gasteiger charge is 2.81. The molecule has 23 heavy (non-hydrogen) atoms. The molecule has 3 saturated carbocycles. The fraction of sp³-hybridized carbons (Fsp3) is 0.579. The number of carbonyl (C=O) groups is 2. The highest BCUT2D eigenvalue weighted by Crippen LogP contribution is 2.68. The molecule has 2 aliphatic heterocycles. The van der Waals surface area contributed by atoms with Gasteiger partial charge >= 0.3 is 0 Å². The van der Waals surface area contributed by atoms with Gasteiger partial charge in [-0.25, -0.2) is 0 Å². The predicted molar refractivity (Wildman–Crippen MR) is 79.7 cm³/mol. The first-order valence-electron chi connectivity index (χ1n) is 8.53. The van der Waals surface area contributed by atoms with E-state index in [0.717, 1.165) is 17.5 Å². The average Bonchev–Trinajstić information content (AvgIpc) is 3.43. The third-order valence-electron chi connectivity index (χ3n) is 7.07. The molecule has 2 bridgehead atoms. The molecule has 8 atom stereocenters. The van der Waals surface area contributed by atoms with Gasteiger partial charge in [0.05, 0.1) is 12.2 Å². The number of rotatable bonds is 1. The minimum absolute atomic E-state index is 0.136. The summed E-state index contributed by atoms with van der Waals surface area (Å²) in [6.45, 7) is 4.08. The van der Waals surface area contributed by atoms with Crippen molar-refractivity contribution in [3.05, 3.63) is 34.9 Å². The fourth-order valence-corrected chi connectivity index (χ4v) is 5.74. The van der Waals surface area contributed by atoms with E-state index >= 15 is 0 Å². The van der Waals surface area contributed by atoms with E-state index < -0.39 is 11.7 Å². The van der Waals surface area contributed by atoms with Crippen LogP contribution in [0.3, 0.4) is 0 Å². The third kappa shape index (κ3) is 1.26. The van der Waals surface area contributed by atoms with Gasteiger partial charge in [0.1, 0.15) is 0 Å². The lowest BCUT2D eigenvalue weighted by Gasteiger charge is -2.32. The Morgan fingerprint density at radius 3 is 2.52 bits per heavy atom. The lowest BCUT2D eigenvalue weighted by atomic mass is 9.64. The first-order chi connectivity index (χ1) is 11.0. The second kappa shape index (κ2) is 3.60. The minimum atomic E-state index is -0.994. The Morgan fingerprint density at radius 1 is 1.04 bits per heavy atom. The Bertz CT molecular complexity index is 799. The molecule has 0 N–H and O–H groups in total. The molecule has 5 fully saturated rings. The quantitative estimate of drug-likeness (QED) is 0.741. The van der Waals surface area contributed by atoms with Crippen LogP contribution in [0.15, 0.2) is 18.2 Å². The van der Waals surface area contributed by atoms with Gasteiger partial charge in [0.25, 0.3) is 0 Å². The Balaban J connectivity index is 1.47. The first kappa shape index (κ1) is 12.8. The molecule has 118 valence electrons. The van der Waals surface area contributed by atoms with Crippen molar-refractivity contribution in [1.82, 2.24) is 0 Å². The van der Waals surface area contributed by atoms with Crippen molar-refractivity contribution in [1.29, 1.82) is 0 Å². The molecular formula is C19H18O4. The molecule has 4 nitrogen and oxygen atoms in total.